The molecule has 0 amide bonds. The highest BCUT2D eigenvalue weighted by Crippen LogP contribution is 2.28. The molecule has 4 heteroatoms. The van der Waals surface area contributed by atoms with E-state index in [1.165, 1.54) is 23.2 Å². The normalized spacial score (nSPS) is 15.0. The van der Waals surface area contributed by atoms with Crippen LogP contribution in [0.15, 0.2) is 30.6 Å². The summed E-state index contributed by atoms with van der Waals surface area (Å²) in [5.74, 6) is 0.970. The molecule has 0 saturated carbocycles. The molecule has 0 spiro atoms. The number of hydrogen-bond acceptors (Lipinski definition) is 4. The molecule has 1 heterocycles. The highest BCUT2D eigenvalue weighted by molar-refractivity contribution is 5.50. The highest BCUT2D eigenvalue weighted by Gasteiger charge is 2.18. The Hall–Kier alpha value is -2.10. The molecule has 4 nitrogen and oxygen atoms in total. The van der Waals surface area contributed by atoms with Gasteiger partial charge in [-0.05, 0) is 43.9 Å². The van der Waals surface area contributed by atoms with Crippen LogP contribution in [0.5, 0.6) is 0 Å². The van der Waals surface area contributed by atoms with E-state index in [4.69, 9.17) is 5.73 Å². The number of nitrogens with two attached hydrogens (primary N) is 1. The number of benzene rings is 1. The molecule has 19 heavy (non-hydrogen) atoms. The Balaban J connectivity index is 1.84. The summed E-state index contributed by atoms with van der Waals surface area (Å²) in [6, 6.07) is 8.14. The maximum Gasteiger partial charge on any atom is 0.133 e. The molecule has 1 atom stereocenters. The van der Waals surface area contributed by atoms with Gasteiger partial charge >= 0.3 is 0 Å². The second-order valence-electron chi connectivity index (χ2n) is 5.04. The van der Waals surface area contributed by atoms with Crippen molar-refractivity contribution in [3.05, 3.63) is 47.4 Å². The summed E-state index contributed by atoms with van der Waals surface area (Å²) in [5.41, 5.74) is 10.3. The molecule has 2 aromatic rings. The summed E-state index contributed by atoms with van der Waals surface area (Å²) in [7, 11) is 0. The number of aryl methyl sites for hydroxylation is 1. The van der Waals surface area contributed by atoms with E-state index in [1.54, 1.807) is 6.33 Å². The second kappa shape index (κ2) is 4.88. The molecule has 1 unspecified atom stereocenters. The molecule has 1 aromatic carbocycles. The van der Waals surface area contributed by atoms with Crippen molar-refractivity contribution in [2.24, 2.45) is 0 Å². The lowest BCUT2D eigenvalue weighted by Gasteiger charge is -2.17. The molecule has 0 saturated heterocycles. The second-order valence-corrected chi connectivity index (χ2v) is 5.04. The fourth-order valence-electron chi connectivity index (χ4n) is 2.60. The van der Waals surface area contributed by atoms with Gasteiger partial charge in [0.25, 0.3) is 0 Å². The molecule has 1 aliphatic carbocycles. The molecule has 3 N–H and O–H groups in total. The number of nitrogen functional groups attached to an aromatic ring is 1. The van der Waals surface area contributed by atoms with E-state index in [1.807, 2.05) is 18.2 Å². The zero-order chi connectivity index (χ0) is 13.2. The standard InChI is InChI=1S/C15H18N4/c1-10(11-4-2-5-12(16)8-11)19-15-13-6-3-7-14(13)17-9-18-15/h2,4-5,8-10H,3,6-7,16H2,1H3,(H,17,18,19). The van der Waals surface area contributed by atoms with Crippen LogP contribution in [0.1, 0.15) is 36.2 Å². The molecule has 0 aliphatic heterocycles. The number of anilines is 2. The Morgan fingerprint density at radius 2 is 2.16 bits per heavy atom. The Kier molecular flexibility index (Phi) is 3.07. The molecule has 1 aliphatic rings. The predicted octanol–water partition coefficient (Wildman–Crippen LogP) is 2.72. The van der Waals surface area contributed by atoms with Crippen LogP contribution in [-0.2, 0) is 12.8 Å². The SMILES string of the molecule is CC(Nc1ncnc2c1CCC2)c1cccc(N)c1. The van der Waals surface area contributed by atoms with Crippen LogP contribution in [0.3, 0.4) is 0 Å². The highest BCUT2D eigenvalue weighted by atomic mass is 15.0. The van der Waals surface area contributed by atoms with Gasteiger partial charge < -0.3 is 11.1 Å². The average molecular weight is 254 g/mol. The van der Waals surface area contributed by atoms with Gasteiger partial charge in [-0.3, -0.25) is 0 Å². The third-order valence-corrected chi connectivity index (χ3v) is 3.64. The van der Waals surface area contributed by atoms with Crippen molar-refractivity contribution in [1.82, 2.24) is 9.97 Å². The number of rotatable bonds is 3. The average Bonchev–Trinajstić information content (AvgIpc) is 2.88. The van der Waals surface area contributed by atoms with Crippen molar-refractivity contribution < 1.29 is 0 Å². The van der Waals surface area contributed by atoms with E-state index in [2.05, 4.69) is 28.3 Å². The van der Waals surface area contributed by atoms with Gasteiger partial charge in [0.15, 0.2) is 0 Å². The predicted molar refractivity (Wildman–Crippen MR) is 76.9 cm³/mol. The fraction of sp³-hybridized carbons (Fsp3) is 0.333. The minimum atomic E-state index is 0.183. The van der Waals surface area contributed by atoms with Crippen LogP contribution in [0.4, 0.5) is 11.5 Å². The van der Waals surface area contributed by atoms with E-state index < -0.39 is 0 Å². The minimum Gasteiger partial charge on any atom is -0.399 e. The first-order valence-corrected chi connectivity index (χ1v) is 6.69. The third kappa shape index (κ3) is 2.38. The molecule has 3 rings (SSSR count). The van der Waals surface area contributed by atoms with Crippen molar-refractivity contribution >= 4 is 11.5 Å². The van der Waals surface area contributed by atoms with Gasteiger partial charge in [0.2, 0.25) is 0 Å². The van der Waals surface area contributed by atoms with Gasteiger partial charge in [-0.25, -0.2) is 9.97 Å². The molecular weight excluding hydrogens is 236 g/mol. The first-order valence-electron chi connectivity index (χ1n) is 6.69. The van der Waals surface area contributed by atoms with Gasteiger partial charge in [0, 0.05) is 16.9 Å². The number of fused-ring (bicyclic) bond motifs is 1. The lowest BCUT2D eigenvalue weighted by molar-refractivity contribution is 0.863. The largest absolute Gasteiger partial charge is 0.399 e. The molecule has 0 fully saturated rings. The van der Waals surface area contributed by atoms with E-state index in [9.17, 15) is 0 Å². The molecule has 0 bridgehead atoms. The van der Waals surface area contributed by atoms with Crippen molar-refractivity contribution in [2.45, 2.75) is 32.2 Å². The van der Waals surface area contributed by atoms with Crippen molar-refractivity contribution in [2.75, 3.05) is 11.1 Å². The topological polar surface area (TPSA) is 63.8 Å². The summed E-state index contributed by atoms with van der Waals surface area (Å²) < 4.78 is 0. The van der Waals surface area contributed by atoms with Gasteiger partial charge in [0.1, 0.15) is 12.1 Å². The van der Waals surface area contributed by atoms with Crippen molar-refractivity contribution in [3.8, 4) is 0 Å². The Morgan fingerprint density at radius 1 is 1.26 bits per heavy atom. The van der Waals surface area contributed by atoms with Crippen LogP contribution >= 0.6 is 0 Å². The minimum absolute atomic E-state index is 0.183. The molecule has 1 aromatic heterocycles. The monoisotopic (exact) mass is 254 g/mol. The van der Waals surface area contributed by atoms with E-state index in [0.29, 0.717) is 0 Å². The molecule has 0 radical (unpaired) electrons. The summed E-state index contributed by atoms with van der Waals surface area (Å²) in [5, 5.41) is 3.48. The fourth-order valence-corrected chi connectivity index (χ4v) is 2.60. The van der Waals surface area contributed by atoms with Gasteiger partial charge in [-0.2, -0.15) is 0 Å². The van der Waals surface area contributed by atoms with Crippen LogP contribution in [0.25, 0.3) is 0 Å². The molecule has 98 valence electrons. The summed E-state index contributed by atoms with van der Waals surface area (Å²) in [6.45, 7) is 2.12. The zero-order valence-electron chi connectivity index (χ0n) is 11.1. The first kappa shape index (κ1) is 12.0. The lowest BCUT2D eigenvalue weighted by atomic mass is 10.1. The Bertz CT molecular complexity index is 594. The van der Waals surface area contributed by atoms with Crippen molar-refractivity contribution in [3.63, 3.8) is 0 Å². The quantitative estimate of drug-likeness (QED) is 0.827. The van der Waals surface area contributed by atoms with Gasteiger partial charge in [0.05, 0.1) is 6.04 Å². The van der Waals surface area contributed by atoms with Crippen LogP contribution in [0.2, 0.25) is 0 Å². The summed E-state index contributed by atoms with van der Waals surface area (Å²) in [6.07, 6.45) is 4.97. The Morgan fingerprint density at radius 3 is 3.00 bits per heavy atom. The number of hydrogen-bond donors (Lipinski definition) is 2. The van der Waals surface area contributed by atoms with Gasteiger partial charge in [-0.15, -0.1) is 0 Å². The van der Waals surface area contributed by atoms with Crippen LogP contribution in [-0.4, -0.2) is 9.97 Å². The lowest BCUT2D eigenvalue weighted by Crippen LogP contribution is -2.10. The number of nitrogens with one attached hydrogen (secondary N) is 1. The van der Waals surface area contributed by atoms with Gasteiger partial charge in [-0.1, -0.05) is 12.1 Å². The van der Waals surface area contributed by atoms with Crippen LogP contribution < -0.4 is 11.1 Å². The maximum atomic E-state index is 5.83. The zero-order valence-corrected chi connectivity index (χ0v) is 11.1. The van der Waals surface area contributed by atoms with E-state index >= 15 is 0 Å². The summed E-state index contributed by atoms with van der Waals surface area (Å²) in [4.78, 5) is 8.73. The van der Waals surface area contributed by atoms with E-state index in [0.717, 1.165) is 24.3 Å². The summed E-state index contributed by atoms with van der Waals surface area (Å²) >= 11 is 0. The third-order valence-electron chi connectivity index (χ3n) is 3.64. The van der Waals surface area contributed by atoms with Crippen molar-refractivity contribution in [1.29, 1.82) is 0 Å². The van der Waals surface area contributed by atoms with E-state index in [-0.39, 0.29) is 6.04 Å². The first-order chi connectivity index (χ1) is 9.24. The number of aromatic nitrogens is 2. The van der Waals surface area contributed by atoms with Crippen LogP contribution in [0, 0.1) is 0 Å². The molecular formula is C15H18N4. The Labute approximate surface area is 113 Å². The smallest absolute Gasteiger partial charge is 0.133 e. The number of nitrogens with zero attached hydrogens (tertiary/aromatic N) is 2. The maximum absolute atomic E-state index is 5.83.